The van der Waals surface area contributed by atoms with Crippen LogP contribution in [0.3, 0.4) is 0 Å². The van der Waals surface area contributed by atoms with Gasteiger partial charge in [-0.05, 0) is 26.0 Å². The first-order valence-electron chi connectivity index (χ1n) is 6.08. The van der Waals surface area contributed by atoms with Crippen molar-refractivity contribution < 1.29 is 14.3 Å². The van der Waals surface area contributed by atoms with E-state index in [4.69, 9.17) is 4.42 Å². The summed E-state index contributed by atoms with van der Waals surface area (Å²) in [4.78, 5) is 27.3. The molecule has 0 spiro atoms. The van der Waals surface area contributed by atoms with Crippen molar-refractivity contribution in [3.63, 3.8) is 0 Å². The van der Waals surface area contributed by atoms with Crippen LogP contribution >= 0.6 is 0 Å². The molecule has 108 valence electrons. The number of aryl methyl sites for hydroxylation is 1. The van der Waals surface area contributed by atoms with E-state index in [-0.39, 0.29) is 22.8 Å². The molecule has 2 rings (SSSR count). The maximum absolute atomic E-state index is 11.8. The molecule has 0 fully saturated rings. The standard InChI is InChI=1S/C14H13N3O4/c1-8-6-11(18)12(14(20)21-8)9(2)16-17-13(19)10-4-3-5-15-7-10/h3-7,18H,1-2H3,(H,17,19)/b16-9-. The largest absolute Gasteiger partial charge is 0.507 e. The van der Waals surface area contributed by atoms with Gasteiger partial charge in [0.25, 0.3) is 5.91 Å². The molecule has 0 atom stereocenters. The topological polar surface area (TPSA) is 105 Å². The van der Waals surface area contributed by atoms with E-state index in [9.17, 15) is 14.7 Å². The van der Waals surface area contributed by atoms with E-state index in [1.807, 2.05) is 0 Å². The number of amides is 1. The summed E-state index contributed by atoms with van der Waals surface area (Å²) in [5.41, 5.74) is 1.94. The van der Waals surface area contributed by atoms with Gasteiger partial charge in [0, 0.05) is 18.5 Å². The number of aromatic nitrogens is 1. The molecule has 2 heterocycles. The van der Waals surface area contributed by atoms with E-state index in [1.54, 1.807) is 25.3 Å². The van der Waals surface area contributed by atoms with E-state index in [0.29, 0.717) is 5.56 Å². The van der Waals surface area contributed by atoms with Gasteiger partial charge in [-0.2, -0.15) is 5.10 Å². The summed E-state index contributed by atoms with van der Waals surface area (Å²) in [5.74, 6) is -0.437. The molecule has 0 aromatic carbocycles. The third-order valence-electron chi connectivity index (χ3n) is 2.66. The van der Waals surface area contributed by atoms with Crippen LogP contribution in [0.2, 0.25) is 0 Å². The maximum Gasteiger partial charge on any atom is 0.348 e. The second-order valence-electron chi connectivity index (χ2n) is 4.28. The zero-order valence-corrected chi connectivity index (χ0v) is 11.5. The molecule has 2 aromatic rings. The highest BCUT2D eigenvalue weighted by Crippen LogP contribution is 2.15. The number of nitrogens with one attached hydrogen (secondary N) is 1. The summed E-state index contributed by atoms with van der Waals surface area (Å²) in [6, 6.07) is 4.50. The Kier molecular flexibility index (Phi) is 4.13. The van der Waals surface area contributed by atoms with Crippen molar-refractivity contribution >= 4 is 11.6 Å². The molecule has 1 amide bonds. The van der Waals surface area contributed by atoms with Crippen molar-refractivity contribution in [1.82, 2.24) is 10.4 Å². The minimum Gasteiger partial charge on any atom is -0.507 e. The lowest BCUT2D eigenvalue weighted by Crippen LogP contribution is -2.21. The molecule has 21 heavy (non-hydrogen) atoms. The molecule has 7 nitrogen and oxygen atoms in total. The van der Waals surface area contributed by atoms with Gasteiger partial charge < -0.3 is 9.52 Å². The van der Waals surface area contributed by atoms with Crippen LogP contribution in [-0.4, -0.2) is 21.7 Å². The third kappa shape index (κ3) is 3.33. The molecule has 0 aliphatic rings. The number of pyridine rings is 1. The van der Waals surface area contributed by atoms with E-state index < -0.39 is 11.5 Å². The Bertz CT molecular complexity index is 751. The zero-order valence-electron chi connectivity index (χ0n) is 11.5. The number of rotatable bonds is 3. The van der Waals surface area contributed by atoms with E-state index >= 15 is 0 Å². The number of nitrogens with zero attached hydrogens (tertiary/aromatic N) is 2. The lowest BCUT2D eigenvalue weighted by atomic mass is 10.2. The van der Waals surface area contributed by atoms with Crippen molar-refractivity contribution in [2.24, 2.45) is 5.10 Å². The van der Waals surface area contributed by atoms with Crippen LogP contribution in [0.4, 0.5) is 0 Å². The number of hydrazone groups is 1. The molecule has 0 unspecified atom stereocenters. The van der Waals surface area contributed by atoms with Crippen LogP contribution in [0.5, 0.6) is 5.75 Å². The quantitative estimate of drug-likeness (QED) is 0.652. The molecule has 0 saturated heterocycles. The second kappa shape index (κ2) is 6.00. The molecule has 0 radical (unpaired) electrons. The van der Waals surface area contributed by atoms with Crippen molar-refractivity contribution in [3.8, 4) is 5.75 Å². The number of carbonyl (C=O) groups excluding carboxylic acids is 1. The van der Waals surface area contributed by atoms with E-state index in [2.05, 4.69) is 15.5 Å². The Morgan fingerprint density at radius 3 is 2.86 bits per heavy atom. The third-order valence-corrected chi connectivity index (χ3v) is 2.66. The zero-order chi connectivity index (χ0) is 15.4. The van der Waals surface area contributed by atoms with Gasteiger partial charge in [-0.15, -0.1) is 0 Å². The van der Waals surface area contributed by atoms with Gasteiger partial charge in [0.2, 0.25) is 0 Å². The fraction of sp³-hybridized carbons (Fsp3) is 0.143. The van der Waals surface area contributed by atoms with Crippen LogP contribution in [0.25, 0.3) is 0 Å². The number of hydrogen-bond donors (Lipinski definition) is 2. The van der Waals surface area contributed by atoms with Gasteiger partial charge >= 0.3 is 5.63 Å². The number of hydrogen-bond acceptors (Lipinski definition) is 6. The summed E-state index contributed by atoms with van der Waals surface area (Å²) >= 11 is 0. The number of carbonyl (C=O) groups is 1. The molecular weight excluding hydrogens is 274 g/mol. The SMILES string of the molecule is C/C(=N/NC(=O)c1cccnc1)c1c(O)cc(C)oc1=O. The average molecular weight is 287 g/mol. The summed E-state index contributed by atoms with van der Waals surface area (Å²) < 4.78 is 4.88. The monoisotopic (exact) mass is 287 g/mol. The molecule has 2 aromatic heterocycles. The van der Waals surface area contributed by atoms with Gasteiger partial charge in [-0.25, -0.2) is 10.2 Å². The van der Waals surface area contributed by atoms with Crippen LogP contribution in [0.1, 0.15) is 28.6 Å². The average Bonchev–Trinajstić information content (AvgIpc) is 2.44. The van der Waals surface area contributed by atoms with Crippen molar-refractivity contribution in [2.75, 3.05) is 0 Å². The summed E-state index contributed by atoms with van der Waals surface area (Å²) in [5, 5.41) is 13.6. The molecule has 7 heteroatoms. The molecule has 0 aliphatic carbocycles. The van der Waals surface area contributed by atoms with Crippen molar-refractivity contribution in [2.45, 2.75) is 13.8 Å². The molecule has 2 N–H and O–H groups in total. The van der Waals surface area contributed by atoms with Crippen LogP contribution < -0.4 is 11.1 Å². The summed E-state index contributed by atoms with van der Waals surface area (Å²) in [6.45, 7) is 3.02. The molecular formula is C14H13N3O4. The lowest BCUT2D eigenvalue weighted by Gasteiger charge is -2.04. The first-order valence-corrected chi connectivity index (χ1v) is 6.08. The van der Waals surface area contributed by atoms with Gasteiger partial charge in [-0.3, -0.25) is 9.78 Å². The second-order valence-corrected chi connectivity index (χ2v) is 4.28. The van der Waals surface area contributed by atoms with Crippen molar-refractivity contribution in [1.29, 1.82) is 0 Å². The van der Waals surface area contributed by atoms with Gasteiger partial charge in [-0.1, -0.05) is 0 Å². The van der Waals surface area contributed by atoms with Gasteiger partial charge in [0.05, 0.1) is 11.3 Å². The first kappa shape index (κ1) is 14.4. The molecule has 0 bridgehead atoms. The first-order chi connectivity index (χ1) is 9.99. The van der Waals surface area contributed by atoms with E-state index in [0.717, 1.165) is 0 Å². The highest BCUT2D eigenvalue weighted by Gasteiger charge is 2.13. The predicted octanol–water partition coefficient (Wildman–Crippen LogP) is 1.20. The minimum atomic E-state index is -0.718. The Balaban J connectivity index is 2.23. The fourth-order valence-electron chi connectivity index (χ4n) is 1.68. The Morgan fingerprint density at radius 2 is 2.24 bits per heavy atom. The Labute approximate surface area is 120 Å². The molecule has 0 saturated carbocycles. The van der Waals surface area contributed by atoms with Gasteiger partial charge in [0.15, 0.2) is 0 Å². The highest BCUT2D eigenvalue weighted by molar-refractivity contribution is 6.02. The predicted molar refractivity (Wildman–Crippen MR) is 75.3 cm³/mol. The smallest absolute Gasteiger partial charge is 0.348 e. The van der Waals surface area contributed by atoms with E-state index in [1.165, 1.54) is 19.2 Å². The Hall–Kier alpha value is -2.96. The normalized spacial score (nSPS) is 11.2. The minimum absolute atomic E-state index is 0.0907. The maximum atomic E-state index is 11.8. The van der Waals surface area contributed by atoms with Crippen molar-refractivity contribution in [3.05, 3.63) is 57.9 Å². The Morgan fingerprint density at radius 1 is 1.48 bits per heavy atom. The van der Waals surface area contributed by atoms with Crippen LogP contribution in [0, 0.1) is 6.92 Å². The number of aromatic hydroxyl groups is 1. The lowest BCUT2D eigenvalue weighted by molar-refractivity contribution is 0.0954. The van der Waals surface area contributed by atoms with Crippen LogP contribution in [-0.2, 0) is 0 Å². The fourth-order valence-corrected chi connectivity index (χ4v) is 1.68. The summed E-state index contributed by atoms with van der Waals surface area (Å²) in [6.07, 6.45) is 2.93. The van der Waals surface area contributed by atoms with Gasteiger partial charge in [0.1, 0.15) is 17.1 Å². The van der Waals surface area contributed by atoms with Crippen LogP contribution in [0.15, 0.2) is 44.9 Å². The summed E-state index contributed by atoms with van der Waals surface area (Å²) in [7, 11) is 0. The molecule has 0 aliphatic heterocycles. The highest BCUT2D eigenvalue weighted by atomic mass is 16.4.